The van der Waals surface area contributed by atoms with Gasteiger partial charge in [-0.3, -0.25) is 4.57 Å². The number of nitrogen functional groups attached to an aromatic ring is 1. The van der Waals surface area contributed by atoms with Crippen molar-refractivity contribution in [1.29, 1.82) is 0 Å². The second-order valence-electron chi connectivity index (χ2n) is 15.2. The average Bonchev–Trinajstić information content (AvgIpc) is 3.00. The van der Waals surface area contributed by atoms with Gasteiger partial charge < -0.3 is 23.7 Å². The Morgan fingerprint density at radius 2 is 1.29 bits per heavy atom. The molecule has 220 valence electrons. The van der Waals surface area contributed by atoms with Crippen LogP contribution in [0.1, 0.15) is 68.5 Å². The van der Waals surface area contributed by atoms with Crippen LogP contribution in [0.2, 0.25) is 54.4 Å². The van der Waals surface area contributed by atoms with Gasteiger partial charge in [-0.2, -0.15) is 4.98 Å². The summed E-state index contributed by atoms with van der Waals surface area (Å²) in [7, 11) is -6.66. The predicted molar refractivity (Wildman–Crippen MR) is 162 cm³/mol. The van der Waals surface area contributed by atoms with Crippen LogP contribution in [0.5, 0.6) is 0 Å². The number of nitrogens with zero attached hydrogens (tertiary/aromatic N) is 3. The fourth-order valence-corrected chi connectivity index (χ4v) is 7.02. The zero-order valence-electron chi connectivity index (χ0n) is 26.6. The van der Waals surface area contributed by atoms with E-state index in [1.807, 2.05) is 0 Å². The van der Waals surface area contributed by atoms with E-state index in [2.05, 4.69) is 112 Å². The smallest absolute Gasteiger partial charge is 0.354 e. The average molecular weight is 587 g/mol. The molecule has 2 heterocycles. The van der Waals surface area contributed by atoms with Crippen molar-refractivity contribution >= 4 is 30.9 Å². The molecule has 0 aromatic carbocycles. The van der Waals surface area contributed by atoms with E-state index in [0.717, 1.165) is 0 Å². The molecule has 12 heteroatoms. The molecule has 0 radical (unpaired) electrons. The first-order chi connectivity index (χ1) is 16.8. The van der Waals surface area contributed by atoms with Crippen LogP contribution in [0.25, 0.3) is 0 Å². The molecule has 1 aromatic heterocycles. The van der Waals surface area contributed by atoms with Crippen LogP contribution in [0, 0.1) is 0 Å². The van der Waals surface area contributed by atoms with E-state index >= 15 is 0 Å². The number of nitrogens with two attached hydrogens (primary N) is 1. The number of aromatic nitrogens is 3. The molecular weight excluding hydrogens is 533 g/mol. The molecule has 1 aliphatic heterocycles. The summed E-state index contributed by atoms with van der Waals surface area (Å²) in [5.74, 6) is -0.0713. The third-order valence-corrected chi connectivity index (χ3v) is 22.6. The van der Waals surface area contributed by atoms with Gasteiger partial charge in [0.15, 0.2) is 31.2 Å². The highest BCUT2D eigenvalue weighted by Crippen LogP contribution is 2.46. The van der Waals surface area contributed by atoms with Crippen molar-refractivity contribution < 1.29 is 18.0 Å². The van der Waals surface area contributed by atoms with Gasteiger partial charge in [0.2, 0.25) is 5.95 Å². The minimum atomic E-state index is -2.31. The Hall–Kier alpha value is -0.899. The van der Waals surface area contributed by atoms with Gasteiger partial charge in [0.05, 0.1) is 6.61 Å². The van der Waals surface area contributed by atoms with Gasteiger partial charge in [-0.25, -0.2) is 9.78 Å². The van der Waals surface area contributed by atoms with E-state index in [1.165, 1.54) is 10.9 Å². The first kappa shape index (κ1) is 33.3. The number of hydrogen-bond acceptors (Lipinski definition) is 8. The van der Waals surface area contributed by atoms with Crippen LogP contribution < -0.4 is 11.4 Å². The van der Waals surface area contributed by atoms with Gasteiger partial charge in [-0.15, -0.1) is 0 Å². The largest absolute Gasteiger partial charge is 0.414 e. The topological polar surface area (TPSA) is 111 Å². The molecule has 0 amide bonds. The summed E-state index contributed by atoms with van der Waals surface area (Å²) < 4.78 is 28.8. The predicted octanol–water partition coefficient (Wildman–Crippen LogP) is 5.92. The van der Waals surface area contributed by atoms with Gasteiger partial charge in [-0.05, 0) is 54.4 Å². The lowest BCUT2D eigenvalue weighted by atomic mass is 10.1. The zero-order valence-corrected chi connectivity index (χ0v) is 29.6. The minimum Gasteiger partial charge on any atom is -0.414 e. The molecule has 38 heavy (non-hydrogen) atoms. The van der Waals surface area contributed by atoms with Gasteiger partial charge >= 0.3 is 5.69 Å². The monoisotopic (exact) mass is 586 g/mol. The molecule has 1 aliphatic rings. The van der Waals surface area contributed by atoms with Crippen molar-refractivity contribution in [2.45, 2.75) is 141 Å². The lowest BCUT2D eigenvalue weighted by molar-refractivity contribution is -0.0514. The number of ether oxygens (including phenoxy) is 1. The lowest BCUT2D eigenvalue weighted by Crippen LogP contribution is -2.54. The van der Waals surface area contributed by atoms with Crippen molar-refractivity contribution in [3.63, 3.8) is 0 Å². The van der Waals surface area contributed by atoms with Crippen molar-refractivity contribution in [3.8, 4) is 0 Å². The zero-order chi connectivity index (χ0) is 29.7. The standard InChI is InChI=1S/C26H54N4O5Si3/c1-24(2,3)36(10,11)32-16-18-19(34-37(12,13)25(4,5)6)20(35-38(14,15)26(7,8)9)21(33-18)30-17-28-22(27)29-23(30)31/h17-21H,16H2,1-15H3,(H2,27,29,31)/t18-,19-,20-,21-/m1/s1. The molecule has 2 rings (SSSR count). The SMILES string of the molecule is CC(C)(C)[Si](C)(C)OC[C@H]1O[C@@H](n2cnc(N)nc2=O)[C@H](O[Si](C)(C)C(C)(C)C)[C@@H]1O[Si](C)(C)C(C)(C)C. The highest BCUT2D eigenvalue weighted by Gasteiger charge is 2.55. The highest BCUT2D eigenvalue weighted by atomic mass is 28.4. The maximum absolute atomic E-state index is 13.0. The normalized spacial score (nSPS) is 24.2. The summed E-state index contributed by atoms with van der Waals surface area (Å²) in [5, 5.41) is -0.0461. The third-order valence-electron chi connectivity index (χ3n) is 9.19. The maximum Gasteiger partial charge on any atom is 0.354 e. The quantitative estimate of drug-likeness (QED) is 0.374. The van der Waals surface area contributed by atoms with Crippen molar-refractivity contribution in [3.05, 3.63) is 16.8 Å². The van der Waals surface area contributed by atoms with E-state index in [0.29, 0.717) is 6.61 Å². The summed E-state index contributed by atoms with van der Waals surface area (Å²) in [6.45, 7) is 33.6. The Morgan fingerprint density at radius 3 is 1.71 bits per heavy atom. The van der Waals surface area contributed by atoms with Crippen LogP contribution in [-0.4, -0.2) is 64.4 Å². The molecule has 0 bridgehead atoms. The molecule has 0 unspecified atom stereocenters. The van der Waals surface area contributed by atoms with Crippen LogP contribution in [0.4, 0.5) is 5.95 Å². The Balaban J connectivity index is 2.64. The summed E-state index contributed by atoms with van der Waals surface area (Å²) in [5.41, 5.74) is 5.18. The second-order valence-corrected chi connectivity index (χ2v) is 29.5. The van der Waals surface area contributed by atoms with E-state index in [4.69, 9.17) is 23.7 Å². The minimum absolute atomic E-state index is 0.0292. The molecule has 1 saturated heterocycles. The molecule has 2 N–H and O–H groups in total. The van der Waals surface area contributed by atoms with Gasteiger partial charge in [-0.1, -0.05) is 62.3 Å². The Morgan fingerprint density at radius 1 is 0.842 bits per heavy atom. The summed E-state index contributed by atoms with van der Waals surface area (Å²) in [4.78, 5) is 21.0. The molecule has 9 nitrogen and oxygen atoms in total. The Labute approximate surface area is 233 Å². The van der Waals surface area contributed by atoms with Crippen LogP contribution in [0.3, 0.4) is 0 Å². The van der Waals surface area contributed by atoms with Crippen LogP contribution >= 0.6 is 0 Å². The summed E-state index contributed by atoms with van der Waals surface area (Å²) in [6.07, 6.45) is -0.757. The van der Waals surface area contributed by atoms with Crippen LogP contribution in [0.15, 0.2) is 11.1 Å². The van der Waals surface area contributed by atoms with Crippen molar-refractivity contribution in [2.75, 3.05) is 12.3 Å². The highest BCUT2D eigenvalue weighted by molar-refractivity contribution is 6.75. The molecule has 0 aliphatic carbocycles. The third kappa shape index (κ3) is 7.24. The second kappa shape index (κ2) is 10.8. The summed E-state index contributed by atoms with van der Waals surface area (Å²) >= 11 is 0. The van der Waals surface area contributed by atoms with Gasteiger partial charge in [0.1, 0.15) is 24.6 Å². The van der Waals surface area contributed by atoms with Gasteiger partial charge in [0, 0.05) is 0 Å². The fraction of sp³-hybridized carbons (Fsp3) is 0.885. The number of hydrogen-bond donors (Lipinski definition) is 1. The lowest BCUT2D eigenvalue weighted by Gasteiger charge is -2.44. The number of anilines is 1. The molecule has 0 spiro atoms. The molecule has 0 saturated carbocycles. The molecule has 1 fully saturated rings. The van der Waals surface area contributed by atoms with E-state index in [1.54, 1.807) is 0 Å². The van der Waals surface area contributed by atoms with E-state index in [-0.39, 0.29) is 21.1 Å². The fourth-order valence-electron chi connectivity index (χ4n) is 3.40. The first-order valence-corrected chi connectivity index (χ1v) is 22.4. The Kier molecular flexibility index (Phi) is 9.49. The molecule has 1 aromatic rings. The van der Waals surface area contributed by atoms with E-state index < -0.39 is 55.2 Å². The van der Waals surface area contributed by atoms with Gasteiger partial charge in [0.25, 0.3) is 0 Å². The molecular formula is C26H54N4O5Si3. The van der Waals surface area contributed by atoms with E-state index in [9.17, 15) is 4.79 Å². The van der Waals surface area contributed by atoms with Crippen molar-refractivity contribution in [2.24, 2.45) is 0 Å². The van der Waals surface area contributed by atoms with Crippen LogP contribution in [-0.2, 0) is 18.0 Å². The maximum atomic E-state index is 13.0. The first-order valence-electron chi connectivity index (χ1n) is 13.7. The Bertz CT molecular complexity index is 1030. The molecule has 4 atom stereocenters. The number of rotatable bonds is 8. The van der Waals surface area contributed by atoms with Crippen molar-refractivity contribution in [1.82, 2.24) is 14.5 Å². The summed E-state index contributed by atoms with van der Waals surface area (Å²) in [6, 6.07) is 0.